The van der Waals surface area contributed by atoms with Gasteiger partial charge >= 0.3 is 0 Å². The molecule has 8 heteroatoms. The van der Waals surface area contributed by atoms with Gasteiger partial charge in [0.1, 0.15) is 0 Å². The minimum Gasteiger partial charge on any atom is -0.493 e. The van der Waals surface area contributed by atoms with Crippen molar-refractivity contribution in [2.24, 2.45) is 0 Å². The van der Waals surface area contributed by atoms with Crippen molar-refractivity contribution in [2.75, 3.05) is 19.0 Å². The molecule has 18 heavy (non-hydrogen) atoms. The first-order valence-corrected chi connectivity index (χ1v) is 5.85. The van der Waals surface area contributed by atoms with Crippen molar-refractivity contribution in [2.45, 2.75) is 13.3 Å². The van der Waals surface area contributed by atoms with Crippen LogP contribution < -0.4 is 10.1 Å². The Morgan fingerprint density at radius 3 is 2.89 bits per heavy atom. The molecule has 0 aliphatic carbocycles. The summed E-state index contributed by atoms with van der Waals surface area (Å²) in [6, 6.07) is 0. The maximum absolute atomic E-state index is 5.84. The van der Waals surface area contributed by atoms with E-state index in [-0.39, 0.29) is 5.28 Å². The van der Waals surface area contributed by atoms with E-state index >= 15 is 0 Å². The second-order valence-electron chi connectivity index (χ2n) is 3.48. The minimum atomic E-state index is 0.119. The van der Waals surface area contributed by atoms with Crippen LogP contribution in [0.15, 0.2) is 12.4 Å². The first-order valence-electron chi connectivity index (χ1n) is 5.47. The number of aromatic nitrogens is 5. The summed E-state index contributed by atoms with van der Waals surface area (Å²) in [5, 5.41) is 7.24. The predicted octanol–water partition coefficient (Wildman–Crippen LogP) is 1.54. The molecule has 0 saturated carbocycles. The molecule has 0 spiro atoms. The van der Waals surface area contributed by atoms with Gasteiger partial charge in [0.05, 0.1) is 19.5 Å². The highest BCUT2D eigenvalue weighted by molar-refractivity contribution is 6.28. The van der Waals surface area contributed by atoms with Gasteiger partial charge in [-0.2, -0.15) is 20.1 Å². The lowest BCUT2D eigenvalue weighted by Gasteiger charge is -2.05. The molecule has 0 aliphatic heterocycles. The van der Waals surface area contributed by atoms with Crippen molar-refractivity contribution in [3.05, 3.63) is 17.7 Å². The van der Waals surface area contributed by atoms with Crippen LogP contribution in [0.5, 0.6) is 5.75 Å². The highest BCUT2D eigenvalue weighted by Gasteiger charge is 2.08. The number of ether oxygens (including phenoxy) is 1. The van der Waals surface area contributed by atoms with Crippen LogP contribution >= 0.6 is 11.6 Å². The SMILES string of the molecule is CCCNc1nc(Cl)nc(-n2cc(OC)cn2)n1. The summed E-state index contributed by atoms with van der Waals surface area (Å²) in [5.74, 6) is 1.40. The summed E-state index contributed by atoms with van der Waals surface area (Å²) in [7, 11) is 1.57. The molecule has 96 valence electrons. The Morgan fingerprint density at radius 1 is 1.39 bits per heavy atom. The third kappa shape index (κ3) is 2.86. The topological polar surface area (TPSA) is 77.8 Å². The van der Waals surface area contributed by atoms with E-state index in [9.17, 15) is 0 Å². The van der Waals surface area contributed by atoms with E-state index in [0.717, 1.165) is 13.0 Å². The first kappa shape index (κ1) is 12.6. The second kappa shape index (κ2) is 5.63. The zero-order chi connectivity index (χ0) is 13.0. The van der Waals surface area contributed by atoms with Crippen LogP contribution in [-0.2, 0) is 0 Å². The highest BCUT2D eigenvalue weighted by Crippen LogP contribution is 2.13. The fraction of sp³-hybridized carbons (Fsp3) is 0.400. The largest absolute Gasteiger partial charge is 0.493 e. The van der Waals surface area contributed by atoms with Crippen molar-refractivity contribution in [3.63, 3.8) is 0 Å². The lowest BCUT2D eigenvalue weighted by Crippen LogP contribution is -2.09. The van der Waals surface area contributed by atoms with Crippen LogP contribution in [0, 0.1) is 0 Å². The maximum atomic E-state index is 5.84. The van der Waals surface area contributed by atoms with Crippen molar-refractivity contribution >= 4 is 17.5 Å². The van der Waals surface area contributed by atoms with Gasteiger partial charge in [0.2, 0.25) is 11.2 Å². The molecular weight excluding hydrogens is 256 g/mol. The van der Waals surface area contributed by atoms with Gasteiger partial charge in [-0.05, 0) is 18.0 Å². The van der Waals surface area contributed by atoms with E-state index in [2.05, 4.69) is 32.3 Å². The number of hydrogen-bond donors (Lipinski definition) is 1. The first-order chi connectivity index (χ1) is 8.72. The number of methoxy groups -OCH3 is 1. The van der Waals surface area contributed by atoms with Crippen molar-refractivity contribution in [3.8, 4) is 11.7 Å². The molecule has 0 aliphatic rings. The van der Waals surface area contributed by atoms with Crippen LogP contribution in [0.2, 0.25) is 5.28 Å². The molecule has 2 heterocycles. The van der Waals surface area contributed by atoms with Gasteiger partial charge in [-0.3, -0.25) is 0 Å². The van der Waals surface area contributed by atoms with Crippen LogP contribution in [0.1, 0.15) is 13.3 Å². The van der Waals surface area contributed by atoms with Gasteiger partial charge in [0.15, 0.2) is 5.75 Å². The monoisotopic (exact) mass is 268 g/mol. The molecule has 0 amide bonds. The van der Waals surface area contributed by atoms with Crippen LogP contribution in [0.25, 0.3) is 5.95 Å². The van der Waals surface area contributed by atoms with Crippen molar-refractivity contribution < 1.29 is 4.74 Å². The molecule has 2 aromatic heterocycles. The number of nitrogens with one attached hydrogen (secondary N) is 1. The average molecular weight is 269 g/mol. The molecule has 0 aromatic carbocycles. The van der Waals surface area contributed by atoms with Gasteiger partial charge in [0, 0.05) is 6.54 Å². The molecule has 2 aromatic rings. The number of anilines is 1. The van der Waals surface area contributed by atoms with Crippen LogP contribution in [0.4, 0.5) is 5.95 Å². The quantitative estimate of drug-likeness (QED) is 0.886. The smallest absolute Gasteiger partial charge is 0.256 e. The average Bonchev–Trinajstić information content (AvgIpc) is 2.84. The minimum absolute atomic E-state index is 0.119. The molecule has 0 fully saturated rings. The standard InChI is InChI=1S/C10H13ClN6O/c1-3-4-12-9-14-8(11)15-10(16-9)17-6-7(18-2)5-13-17/h5-6H,3-4H2,1-2H3,(H,12,14,15,16). The van der Waals surface area contributed by atoms with Crippen molar-refractivity contribution in [1.82, 2.24) is 24.7 Å². The van der Waals surface area contributed by atoms with E-state index < -0.39 is 0 Å². The van der Waals surface area contributed by atoms with E-state index in [4.69, 9.17) is 16.3 Å². The zero-order valence-electron chi connectivity index (χ0n) is 10.1. The van der Waals surface area contributed by atoms with Gasteiger partial charge in [-0.1, -0.05) is 6.92 Å². The Bertz CT molecular complexity index is 529. The summed E-state index contributed by atoms with van der Waals surface area (Å²) < 4.78 is 6.51. The normalized spacial score (nSPS) is 10.4. The Hall–Kier alpha value is -1.89. The molecule has 7 nitrogen and oxygen atoms in total. The lowest BCUT2D eigenvalue weighted by molar-refractivity contribution is 0.414. The fourth-order valence-corrected chi connectivity index (χ4v) is 1.43. The molecule has 0 atom stereocenters. The third-order valence-corrected chi connectivity index (χ3v) is 2.30. The Balaban J connectivity index is 2.29. The second-order valence-corrected chi connectivity index (χ2v) is 3.82. The van der Waals surface area contributed by atoms with E-state index in [1.807, 2.05) is 0 Å². The molecule has 0 bridgehead atoms. The summed E-state index contributed by atoms with van der Waals surface area (Å²) in [6.07, 6.45) is 4.19. The summed E-state index contributed by atoms with van der Waals surface area (Å²) >= 11 is 5.84. The van der Waals surface area contributed by atoms with Crippen LogP contribution in [0.3, 0.4) is 0 Å². The number of hydrogen-bond acceptors (Lipinski definition) is 6. The van der Waals surface area contributed by atoms with Gasteiger partial charge < -0.3 is 10.1 Å². The number of rotatable bonds is 5. The Kier molecular flexibility index (Phi) is 3.93. The Morgan fingerprint density at radius 2 is 2.22 bits per heavy atom. The molecule has 1 N–H and O–H groups in total. The van der Waals surface area contributed by atoms with E-state index in [0.29, 0.717) is 17.6 Å². The Labute approximate surface area is 109 Å². The fourth-order valence-electron chi connectivity index (χ4n) is 1.28. The number of nitrogens with zero attached hydrogens (tertiary/aromatic N) is 5. The van der Waals surface area contributed by atoms with Crippen molar-refractivity contribution in [1.29, 1.82) is 0 Å². The summed E-state index contributed by atoms with van der Waals surface area (Å²) in [6.45, 7) is 2.82. The maximum Gasteiger partial charge on any atom is 0.256 e. The van der Waals surface area contributed by atoms with Gasteiger partial charge in [-0.15, -0.1) is 0 Å². The summed E-state index contributed by atoms with van der Waals surface area (Å²) in [4.78, 5) is 12.2. The summed E-state index contributed by atoms with van der Waals surface area (Å²) in [5.41, 5.74) is 0. The van der Waals surface area contributed by atoms with Gasteiger partial charge in [-0.25, -0.2) is 4.68 Å². The van der Waals surface area contributed by atoms with Crippen LogP contribution in [-0.4, -0.2) is 38.4 Å². The molecule has 0 unspecified atom stereocenters. The number of halogens is 1. The highest BCUT2D eigenvalue weighted by atomic mass is 35.5. The molecular formula is C10H13ClN6O. The van der Waals surface area contributed by atoms with E-state index in [1.54, 1.807) is 19.5 Å². The molecule has 2 rings (SSSR count). The molecule has 0 saturated heterocycles. The lowest BCUT2D eigenvalue weighted by atomic mass is 10.5. The zero-order valence-corrected chi connectivity index (χ0v) is 10.8. The van der Waals surface area contributed by atoms with E-state index in [1.165, 1.54) is 4.68 Å². The molecule has 0 radical (unpaired) electrons. The predicted molar refractivity (Wildman–Crippen MR) is 67.3 cm³/mol. The third-order valence-electron chi connectivity index (χ3n) is 2.13. The van der Waals surface area contributed by atoms with Gasteiger partial charge in [0.25, 0.3) is 5.95 Å².